The lowest BCUT2D eigenvalue weighted by atomic mass is 10.2. The third kappa shape index (κ3) is 6.93. The molecular weight excluding hydrogens is 348 g/mol. The summed E-state index contributed by atoms with van der Waals surface area (Å²) in [4.78, 5) is 23.5. The van der Waals surface area contributed by atoms with Crippen LogP contribution >= 0.6 is 15.9 Å². The first-order chi connectivity index (χ1) is 10.4. The first kappa shape index (κ1) is 18.5. The molecule has 1 aromatic carbocycles. The van der Waals surface area contributed by atoms with Gasteiger partial charge < -0.3 is 15.4 Å². The predicted octanol–water partition coefficient (Wildman–Crippen LogP) is 2.64. The summed E-state index contributed by atoms with van der Waals surface area (Å²) in [7, 11) is 0. The summed E-state index contributed by atoms with van der Waals surface area (Å²) in [5.74, 6) is 0.329. The van der Waals surface area contributed by atoms with Crippen LogP contribution in [0.5, 0.6) is 5.75 Å². The molecule has 2 N–H and O–H groups in total. The number of rotatable bonds is 8. The van der Waals surface area contributed by atoms with E-state index in [1.807, 2.05) is 26.0 Å². The van der Waals surface area contributed by atoms with Crippen molar-refractivity contribution in [2.45, 2.75) is 45.8 Å². The van der Waals surface area contributed by atoms with Crippen LogP contribution in [0, 0.1) is 0 Å². The zero-order valence-electron chi connectivity index (χ0n) is 13.2. The molecule has 2 unspecified atom stereocenters. The van der Waals surface area contributed by atoms with Crippen molar-refractivity contribution in [3.63, 3.8) is 0 Å². The number of benzene rings is 1. The number of amides is 2. The fourth-order valence-corrected chi connectivity index (χ4v) is 1.93. The van der Waals surface area contributed by atoms with Gasteiger partial charge in [-0.05, 0) is 44.5 Å². The van der Waals surface area contributed by atoms with Crippen molar-refractivity contribution in [2.24, 2.45) is 0 Å². The van der Waals surface area contributed by atoms with Crippen molar-refractivity contribution in [1.29, 1.82) is 0 Å². The fraction of sp³-hybridized carbons (Fsp3) is 0.500. The van der Waals surface area contributed by atoms with E-state index in [4.69, 9.17) is 4.74 Å². The van der Waals surface area contributed by atoms with Gasteiger partial charge in [0.25, 0.3) is 5.91 Å². The van der Waals surface area contributed by atoms with E-state index in [0.717, 1.165) is 10.9 Å². The SMILES string of the molecule is CCC(C)NC(=O)CCNC(=O)C(C)Oc1ccc(Br)cc1. The van der Waals surface area contributed by atoms with Gasteiger partial charge >= 0.3 is 0 Å². The minimum Gasteiger partial charge on any atom is -0.481 e. The highest BCUT2D eigenvalue weighted by atomic mass is 79.9. The van der Waals surface area contributed by atoms with E-state index in [1.165, 1.54) is 0 Å². The molecule has 122 valence electrons. The van der Waals surface area contributed by atoms with E-state index in [1.54, 1.807) is 19.1 Å². The van der Waals surface area contributed by atoms with E-state index in [2.05, 4.69) is 26.6 Å². The second kappa shape index (κ2) is 9.46. The number of halogens is 1. The Labute approximate surface area is 139 Å². The Morgan fingerprint density at radius 3 is 2.45 bits per heavy atom. The number of carbonyl (C=O) groups excluding carboxylic acids is 2. The highest BCUT2D eigenvalue weighted by Crippen LogP contribution is 2.17. The van der Waals surface area contributed by atoms with E-state index in [9.17, 15) is 9.59 Å². The number of nitrogens with one attached hydrogen (secondary N) is 2. The molecule has 1 aromatic rings. The predicted molar refractivity (Wildman–Crippen MR) is 89.8 cm³/mol. The van der Waals surface area contributed by atoms with Crippen LogP contribution in [0.15, 0.2) is 28.7 Å². The average molecular weight is 371 g/mol. The smallest absolute Gasteiger partial charge is 0.260 e. The minimum atomic E-state index is -0.612. The van der Waals surface area contributed by atoms with E-state index in [-0.39, 0.29) is 24.3 Å². The molecule has 6 heteroatoms. The normalized spacial score (nSPS) is 13.1. The number of hydrogen-bond acceptors (Lipinski definition) is 3. The van der Waals surface area contributed by atoms with Gasteiger partial charge in [-0.3, -0.25) is 9.59 Å². The van der Waals surface area contributed by atoms with Gasteiger partial charge in [-0.15, -0.1) is 0 Å². The highest BCUT2D eigenvalue weighted by Gasteiger charge is 2.14. The van der Waals surface area contributed by atoms with Crippen LogP contribution in [-0.4, -0.2) is 30.5 Å². The highest BCUT2D eigenvalue weighted by molar-refractivity contribution is 9.10. The van der Waals surface area contributed by atoms with Crippen molar-refractivity contribution in [1.82, 2.24) is 10.6 Å². The van der Waals surface area contributed by atoms with Gasteiger partial charge in [-0.1, -0.05) is 22.9 Å². The van der Waals surface area contributed by atoms with Crippen molar-refractivity contribution in [2.75, 3.05) is 6.54 Å². The third-order valence-corrected chi connectivity index (χ3v) is 3.70. The van der Waals surface area contributed by atoms with E-state index < -0.39 is 6.10 Å². The van der Waals surface area contributed by atoms with Crippen LogP contribution in [0.25, 0.3) is 0 Å². The summed E-state index contributed by atoms with van der Waals surface area (Å²) < 4.78 is 6.49. The van der Waals surface area contributed by atoms with Crippen LogP contribution < -0.4 is 15.4 Å². The Hall–Kier alpha value is -1.56. The Morgan fingerprint density at radius 2 is 1.86 bits per heavy atom. The molecule has 0 radical (unpaired) electrons. The van der Waals surface area contributed by atoms with Crippen molar-refractivity contribution >= 4 is 27.7 Å². The van der Waals surface area contributed by atoms with Gasteiger partial charge in [0.05, 0.1) is 0 Å². The van der Waals surface area contributed by atoms with Crippen molar-refractivity contribution in [3.8, 4) is 5.75 Å². The summed E-state index contributed by atoms with van der Waals surface area (Å²) in [6, 6.07) is 7.42. The molecular formula is C16H23BrN2O3. The van der Waals surface area contributed by atoms with Crippen molar-refractivity contribution < 1.29 is 14.3 Å². The van der Waals surface area contributed by atoms with Crippen molar-refractivity contribution in [3.05, 3.63) is 28.7 Å². The molecule has 0 saturated heterocycles. The molecule has 0 saturated carbocycles. The molecule has 1 rings (SSSR count). The Balaban J connectivity index is 2.29. The van der Waals surface area contributed by atoms with Crippen LogP contribution in [0.1, 0.15) is 33.6 Å². The molecule has 0 aliphatic rings. The van der Waals surface area contributed by atoms with E-state index in [0.29, 0.717) is 12.3 Å². The second-order valence-corrected chi connectivity index (χ2v) is 6.05. The molecule has 0 fully saturated rings. The topological polar surface area (TPSA) is 67.4 Å². The Kier molecular flexibility index (Phi) is 7.95. The summed E-state index contributed by atoms with van der Waals surface area (Å²) in [5.41, 5.74) is 0. The molecule has 0 spiro atoms. The largest absolute Gasteiger partial charge is 0.481 e. The molecule has 2 amide bonds. The first-order valence-electron chi connectivity index (χ1n) is 7.41. The van der Waals surface area contributed by atoms with Crippen LogP contribution in [0.2, 0.25) is 0 Å². The zero-order valence-corrected chi connectivity index (χ0v) is 14.8. The number of carbonyl (C=O) groups is 2. The lowest BCUT2D eigenvalue weighted by Crippen LogP contribution is -2.39. The number of ether oxygens (including phenoxy) is 1. The maximum absolute atomic E-state index is 11.9. The monoisotopic (exact) mass is 370 g/mol. The molecule has 0 aliphatic heterocycles. The minimum absolute atomic E-state index is 0.0591. The molecule has 0 aliphatic carbocycles. The summed E-state index contributed by atoms with van der Waals surface area (Å²) in [6.45, 7) is 5.93. The van der Waals surface area contributed by atoms with Gasteiger partial charge in [0, 0.05) is 23.5 Å². The van der Waals surface area contributed by atoms with Gasteiger partial charge in [-0.2, -0.15) is 0 Å². The van der Waals surface area contributed by atoms with Gasteiger partial charge in [0.2, 0.25) is 5.91 Å². The molecule has 0 heterocycles. The Morgan fingerprint density at radius 1 is 1.23 bits per heavy atom. The summed E-state index contributed by atoms with van der Waals surface area (Å²) in [5, 5.41) is 5.55. The zero-order chi connectivity index (χ0) is 16.5. The average Bonchev–Trinajstić information content (AvgIpc) is 2.49. The summed E-state index contributed by atoms with van der Waals surface area (Å²) >= 11 is 3.34. The van der Waals surface area contributed by atoms with Crippen LogP contribution in [0.3, 0.4) is 0 Å². The maximum atomic E-state index is 11.9. The lowest BCUT2D eigenvalue weighted by molar-refractivity contribution is -0.127. The van der Waals surface area contributed by atoms with Crippen LogP contribution in [0.4, 0.5) is 0 Å². The quantitative estimate of drug-likeness (QED) is 0.738. The van der Waals surface area contributed by atoms with Gasteiger partial charge in [0.15, 0.2) is 6.10 Å². The molecule has 5 nitrogen and oxygen atoms in total. The molecule has 0 aromatic heterocycles. The molecule has 22 heavy (non-hydrogen) atoms. The fourth-order valence-electron chi connectivity index (χ4n) is 1.66. The second-order valence-electron chi connectivity index (χ2n) is 5.13. The third-order valence-electron chi connectivity index (χ3n) is 3.17. The number of hydrogen-bond donors (Lipinski definition) is 2. The van der Waals surface area contributed by atoms with Gasteiger partial charge in [-0.25, -0.2) is 0 Å². The lowest BCUT2D eigenvalue weighted by Gasteiger charge is -2.15. The summed E-state index contributed by atoms with van der Waals surface area (Å²) in [6.07, 6.45) is 0.538. The van der Waals surface area contributed by atoms with Gasteiger partial charge in [0.1, 0.15) is 5.75 Å². The maximum Gasteiger partial charge on any atom is 0.260 e. The standard InChI is InChI=1S/C16H23BrN2O3/c1-4-11(2)19-15(20)9-10-18-16(21)12(3)22-14-7-5-13(17)6-8-14/h5-8,11-12H,4,9-10H2,1-3H3,(H,18,21)(H,19,20). The first-order valence-corrected chi connectivity index (χ1v) is 8.21. The molecule has 0 bridgehead atoms. The Bertz CT molecular complexity index is 491. The van der Waals surface area contributed by atoms with E-state index >= 15 is 0 Å². The van der Waals surface area contributed by atoms with Crippen LogP contribution in [-0.2, 0) is 9.59 Å². The molecule has 2 atom stereocenters.